The van der Waals surface area contributed by atoms with Gasteiger partial charge in [0.1, 0.15) is 0 Å². The molecule has 1 aliphatic rings. The van der Waals surface area contributed by atoms with Crippen molar-refractivity contribution in [2.24, 2.45) is 0 Å². The first-order chi connectivity index (χ1) is 8.84. The first-order valence-electron chi connectivity index (χ1n) is 5.78. The van der Waals surface area contributed by atoms with E-state index < -0.39 is 0 Å². The summed E-state index contributed by atoms with van der Waals surface area (Å²) < 4.78 is 4.66. The number of carbonyl (C=O) groups excluding carboxylic acids is 1. The summed E-state index contributed by atoms with van der Waals surface area (Å²) >= 11 is 0. The van der Waals surface area contributed by atoms with E-state index in [1.165, 1.54) is 0 Å². The molecule has 92 valence electrons. The van der Waals surface area contributed by atoms with Gasteiger partial charge in [-0.25, -0.2) is 4.63 Å². The maximum Gasteiger partial charge on any atom is 0.281 e. The van der Waals surface area contributed by atoms with Gasteiger partial charge in [0.25, 0.3) is 5.91 Å². The third-order valence-electron chi connectivity index (χ3n) is 2.87. The molecule has 6 heteroatoms. The van der Waals surface area contributed by atoms with E-state index in [1.807, 2.05) is 35.2 Å². The van der Waals surface area contributed by atoms with Crippen molar-refractivity contribution >= 4 is 17.4 Å². The topological polar surface area (TPSA) is 71.3 Å². The average molecular weight is 244 g/mol. The van der Waals surface area contributed by atoms with Crippen LogP contribution in [0.15, 0.2) is 35.0 Å². The maximum absolute atomic E-state index is 12.0. The lowest BCUT2D eigenvalue weighted by Crippen LogP contribution is -2.38. The van der Waals surface area contributed by atoms with Gasteiger partial charge in [0.2, 0.25) is 11.5 Å². The van der Waals surface area contributed by atoms with Gasteiger partial charge in [-0.05, 0) is 28.9 Å². The van der Waals surface area contributed by atoms with Gasteiger partial charge in [0.05, 0.1) is 0 Å². The molecule has 3 rings (SSSR count). The van der Waals surface area contributed by atoms with Crippen LogP contribution in [-0.2, 0) is 0 Å². The highest BCUT2D eigenvalue weighted by Gasteiger charge is 2.26. The molecule has 1 N–H and O–H groups in total. The van der Waals surface area contributed by atoms with Gasteiger partial charge < -0.3 is 10.2 Å². The largest absolute Gasteiger partial charge is 0.352 e. The van der Waals surface area contributed by atoms with Crippen molar-refractivity contribution in [1.29, 1.82) is 0 Å². The minimum absolute atomic E-state index is 0.235. The van der Waals surface area contributed by atoms with E-state index >= 15 is 0 Å². The van der Waals surface area contributed by atoms with Crippen LogP contribution in [0.3, 0.4) is 0 Å². The molecule has 0 atom stereocenters. The normalized spacial score (nSPS) is 14.1. The smallest absolute Gasteiger partial charge is 0.281 e. The summed E-state index contributed by atoms with van der Waals surface area (Å²) in [5.41, 5.74) is 0.957. The summed E-state index contributed by atoms with van der Waals surface area (Å²) in [4.78, 5) is 14.0. The molecule has 0 aliphatic carbocycles. The first kappa shape index (κ1) is 10.8. The second kappa shape index (κ2) is 4.48. The number of nitrogens with zero attached hydrogens (tertiary/aromatic N) is 3. The Balaban J connectivity index is 1.78. The number of amides is 1. The Morgan fingerprint density at radius 3 is 2.67 bits per heavy atom. The predicted octanol–water partition coefficient (Wildman–Crippen LogP) is 1.53. The minimum Gasteiger partial charge on any atom is -0.352 e. The molecule has 1 amide bonds. The lowest BCUT2D eigenvalue weighted by molar-refractivity contribution is 0.101. The van der Waals surface area contributed by atoms with Gasteiger partial charge in [-0.3, -0.25) is 4.79 Å². The zero-order valence-electron chi connectivity index (χ0n) is 9.67. The monoisotopic (exact) mass is 244 g/mol. The first-order valence-corrected chi connectivity index (χ1v) is 5.78. The standard InChI is InChI=1S/C12H12N4O2/c17-12(13-9-5-2-1-3-6-9)10-11(15-18-14-10)16-7-4-8-16/h1-3,5-6H,4,7-8H2,(H,13,17). The number of nitrogens with one attached hydrogen (secondary N) is 1. The lowest BCUT2D eigenvalue weighted by atomic mass is 10.2. The fourth-order valence-electron chi connectivity index (χ4n) is 1.77. The maximum atomic E-state index is 12.0. The van der Waals surface area contributed by atoms with Crippen molar-refractivity contribution in [3.05, 3.63) is 36.0 Å². The van der Waals surface area contributed by atoms with Gasteiger partial charge in [-0.1, -0.05) is 18.2 Å². The van der Waals surface area contributed by atoms with Gasteiger partial charge in [-0.15, -0.1) is 0 Å². The summed E-state index contributed by atoms with van der Waals surface area (Å²) in [6.45, 7) is 1.78. The van der Waals surface area contributed by atoms with Crippen molar-refractivity contribution < 1.29 is 9.42 Å². The van der Waals surface area contributed by atoms with Crippen LogP contribution in [-0.4, -0.2) is 29.3 Å². The molecule has 0 bridgehead atoms. The van der Waals surface area contributed by atoms with Crippen LogP contribution in [0.5, 0.6) is 0 Å². The Bertz CT molecular complexity index is 548. The number of hydrogen-bond donors (Lipinski definition) is 1. The summed E-state index contributed by atoms with van der Waals surface area (Å²) in [6.07, 6.45) is 1.10. The molecule has 0 spiro atoms. The summed E-state index contributed by atoms with van der Waals surface area (Å²) in [6, 6.07) is 9.22. The summed E-state index contributed by atoms with van der Waals surface area (Å²) in [5.74, 6) is 0.221. The molecule has 0 unspecified atom stereocenters. The second-order valence-electron chi connectivity index (χ2n) is 4.10. The zero-order chi connectivity index (χ0) is 12.4. The minimum atomic E-state index is -0.302. The van der Waals surface area contributed by atoms with E-state index in [4.69, 9.17) is 0 Å². The van der Waals surface area contributed by atoms with Crippen LogP contribution in [0.25, 0.3) is 0 Å². The summed E-state index contributed by atoms with van der Waals surface area (Å²) in [7, 11) is 0. The highest BCUT2D eigenvalue weighted by molar-refractivity contribution is 6.05. The van der Waals surface area contributed by atoms with Gasteiger partial charge in [0, 0.05) is 18.8 Å². The van der Waals surface area contributed by atoms with E-state index in [2.05, 4.69) is 20.3 Å². The molecule has 1 saturated heterocycles. The Morgan fingerprint density at radius 1 is 1.22 bits per heavy atom. The number of benzene rings is 1. The summed E-state index contributed by atoms with van der Waals surface area (Å²) in [5, 5.41) is 10.2. The molecule has 2 heterocycles. The quantitative estimate of drug-likeness (QED) is 0.886. The van der Waals surface area contributed by atoms with Crippen molar-refractivity contribution in [3.63, 3.8) is 0 Å². The van der Waals surface area contributed by atoms with Crippen LogP contribution in [0, 0.1) is 0 Å². The van der Waals surface area contributed by atoms with E-state index in [1.54, 1.807) is 0 Å². The van der Waals surface area contributed by atoms with Gasteiger partial charge in [-0.2, -0.15) is 0 Å². The van der Waals surface area contributed by atoms with Gasteiger partial charge >= 0.3 is 0 Å². The third-order valence-corrected chi connectivity index (χ3v) is 2.87. The molecular formula is C12H12N4O2. The molecule has 1 aromatic heterocycles. The van der Waals surface area contributed by atoms with Crippen LogP contribution < -0.4 is 10.2 Å². The van der Waals surface area contributed by atoms with Crippen molar-refractivity contribution in [1.82, 2.24) is 10.3 Å². The van der Waals surface area contributed by atoms with Crippen LogP contribution in [0.1, 0.15) is 16.9 Å². The van der Waals surface area contributed by atoms with Crippen LogP contribution in [0.4, 0.5) is 11.5 Å². The Hall–Kier alpha value is -2.37. The average Bonchev–Trinajstić information content (AvgIpc) is 2.77. The van der Waals surface area contributed by atoms with Crippen LogP contribution >= 0.6 is 0 Å². The zero-order valence-corrected chi connectivity index (χ0v) is 9.67. The Morgan fingerprint density at radius 2 is 2.00 bits per heavy atom. The molecule has 1 fully saturated rings. The number of aromatic nitrogens is 2. The molecule has 6 nitrogen and oxygen atoms in total. The second-order valence-corrected chi connectivity index (χ2v) is 4.10. The van der Waals surface area contributed by atoms with Crippen molar-refractivity contribution in [2.75, 3.05) is 23.3 Å². The van der Waals surface area contributed by atoms with E-state index in [0.29, 0.717) is 5.82 Å². The van der Waals surface area contributed by atoms with E-state index in [-0.39, 0.29) is 11.6 Å². The molecule has 2 aromatic rings. The number of rotatable bonds is 3. The molecule has 0 saturated carbocycles. The third kappa shape index (κ3) is 1.92. The van der Waals surface area contributed by atoms with E-state index in [0.717, 1.165) is 25.2 Å². The fourth-order valence-corrected chi connectivity index (χ4v) is 1.77. The predicted molar refractivity (Wildman–Crippen MR) is 65.5 cm³/mol. The van der Waals surface area contributed by atoms with Crippen molar-refractivity contribution in [3.8, 4) is 0 Å². The number of para-hydroxylation sites is 1. The number of hydrogen-bond acceptors (Lipinski definition) is 5. The molecule has 1 aromatic carbocycles. The lowest BCUT2D eigenvalue weighted by Gasteiger charge is -2.30. The highest BCUT2D eigenvalue weighted by atomic mass is 16.6. The number of carbonyl (C=O) groups is 1. The SMILES string of the molecule is O=C(Nc1ccccc1)c1nonc1N1CCC1. The van der Waals surface area contributed by atoms with Crippen molar-refractivity contribution in [2.45, 2.75) is 6.42 Å². The molecule has 18 heavy (non-hydrogen) atoms. The molecule has 0 radical (unpaired) electrons. The van der Waals surface area contributed by atoms with Gasteiger partial charge in [0.15, 0.2) is 0 Å². The fraction of sp³-hybridized carbons (Fsp3) is 0.250. The van der Waals surface area contributed by atoms with E-state index in [9.17, 15) is 4.79 Å². The Labute approximate surface area is 104 Å². The Kier molecular flexibility index (Phi) is 2.68. The van der Waals surface area contributed by atoms with Crippen LogP contribution in [0.2, 0.25) is 0 Å². The molecular weight excluding hydrogens is 232 g/mol. The molecule has 1 aliphatic heterocycles. The highest BCUT2D eigenvalue weighted by Crippen LogP contribution is 2.22. The number of anilines is 2.